The highest BCUT2D eigenvalue weighted by atomic mass is 35.5. The van der Waals surface area contributed by atoms with E-state index in [2.05, 4.69) is 0 Å². The van der Waals surface area contributed by atoms with Crippen LogP contribution in [0.5, 0.6) is 5.75 Å². The number of aromatic carboxylic acids is 1. The van der Waals surface area contributed by atoms with Gasteiger partial charge in [-0.05, 0) is 60.9 Å². The van der Waals surface area contributed by atoms with Crippen LogP contribution in [0.2, 0.25) is 5.02 Å². The number of phenols is 1. The summed E-state index contributed by atoms with van der Waals surface area (Å²) in [6, 6.07) is 15.2. The Hall–Kier alpha value is -3.57. The molecule has 0 atom stereocenters. The Kier molecular flexibility index (Phi) is 4.84. The number of anilines is 2. The van der Waals surface area contributed by atoms with Gasteiger partial charge < -0.3 is 10.2 Å². The normalized spacial score (nSPS) is 14.3. The molecule has 1 aliphatic rings. The van der Waals surface area contributed by atoms with Crippen LogP contribution in [0.4, 0.5) is 11.4 Å². The van der Waals surface area contributed by atoms with Crippen molar-refractivity contribution in [3.8, 4) is 5.75 Å². The predicted molar refractivity (Wildman–Crippen MR) is 117 cm³/mol. The standard InChI is InChI=1S/C24H18ClNO4/c1-13-5-3-7-19(25)17(13)12-18-22-14(2)6-4-8-20(22)26(23(18)28)15-9-10-16(24(29)30)21(27)11-15/h3-12,27H,1-2H3,(H,29,30). The largest absolute Gasteiger partial charge is 0.507 e. The van der Waals surface area contributed by atoms with Crippen molar-refractivity contribution < 1.29 is 19.8 Å². The second-order valence-electron chi connectivity index (χ2n) is 7.14. The van der Waals surface area contributed by atoms with Crippen molar-refractivity contribution in [2.24, 2.45) is 0 Å². The van der Waals surface area contributed by atoms with Gasteiger partial charge in [0.05, 0.1) is 16.9 Å². The van der Waals surface area contributed by atoms with Gasteiger partial charge in [0.15, 0.2) is 0 Å². The zero-order valence-electron chi connectivity index (χ0n) is 16.3. The van der Waals surface area contributed by atoms with Crippen LogP contribution in [-0.2, 0) is 4.79 Å². The Labute approximate surface area is 178 Å². The number of carboxylic acids is 1. The molecule has 1 heterocycles. The van der Waals surface area contributed by atoms with Crippen molar-refractivity contribution in [3.63, 3.8) is 0 Å². The number of rotatable bonds is 3. The molecule has 150 valence electrons. The number of amides is 1. The highest BCUT2D eigenvalue weighted by Gasteiger charge is 2.35. The zero-order valence-corrected chi connectivity index (χ0v) is 17.1. The first-order chi connectivity index (χ1) is 14.3. The summed E-state index contributed by atoms with van der Waals surface area (Å²) in [7, 11) is 0. The number of hydrogen-bond acceptors (Lipinski definition) is 3. The van der Waals surface area contributed by atoms with Crippen LogP contribution in [0.25, 0.3) is 11.6 Å². The molecule has 1 aliphatic heterocycles. The Morgan fingerprint density at radius 2 is 1.73 bits per heavy atom. The van der Waals surface area contributed by atoms with Crippen LogP contribution < -0.4 is 4.90 Å². The lowest BCUT2D eigenvalue weighted by Crippen LogP contribution is -2.20. The first-order valence-electron chi connectivity index (χ1n) is 9.27. The summed E-state index contributed by atoms with van der Waals surface area (Å²) in [6.07, 6.45) is 1.79. The number of hydrogen-bond donors (Lipinski definition) is 2. The van der Waals surface area contributed by atoms with E-state index in [4.69, 9.17) is 16.7 Å². The van der Waals surface area contributed by atoms with E-state index in [0.29, 0.717) is 22.0 Å². The molecule has 3 aromatic carbocycles. The smallest absolute Gasteiger partial charge is 0.339 e. The number of carbonyl (C=O) groups is 2. The number of aryl methyl sites for hydroxylation is 2. The van der Waals surface area contributed by atoms with Crippen LogP contribution >= 0.6 is 11.6 Å². The van der Waals surface area contributed by atoms with Crippen LogP contribution in [0.3, 0.4) is 0 Å². The van der Waals surface area contributed by atoms with Gasteiger partial charge in [0, 0.05) is 16.7 Å². The van der Waals surface area contributed by atoms with Gasteiger partial charge in [-0.1, -0.05) is 35.9 Å². The molecule has 0 saturated heterocycles. The SMILES string of the molecule is Cc1cccc(Cl)c1C=C1C(=O)N(c2ccc(C(=O)O)c(O)c2)c2cccc(C)c21. The molecule has 0 aliphatic carbocycles. The van der Waals surface area contributed by atoms with E-state index < -0.39 is 11.7 Å². The molecule has 6 heteroatoms. The third-order valence-corrected chi connectivity index (χ3v) is 5.55. The number of carboxylic acid groups (broad SMARTS) is 1. The van der Waals surface area contributed by atoms with E-state index in [-0.39, 0.29) is 11.5 Å². The highest BCUT2D eigenvalue weighted by molar-refractivity contribution is 6.39. The van der Waals surface area contributed by atoms with Crippen molar-refractivity contribution in [3.05, 3.63) is 87.4 Å². The molecule has 5 nitrogen and oxygen atoms in total. The molecule has 0 bridgehead atoms. The summed E-state index contributed by atoms with van der Waals surface area (Å²) >= 11 is 6.39. The van der Waals surface area contributed by atoms with Crippen LogP contribution in [0.15, 0.2) is 54.6 Å². The van der Waals surface area contributed by atoms with Gasteiger partial charge >= 0.3 is 5.97 Å². The van der Waals surface area contributed by atoms with Gasteiger partial charge in [-0.25, -0.2) is 4.79 Å². The lowest BCUT2D eigenvalue weighted by Gasteiger charge is -2.18. The maximum absolute atomic E-state index is 13.5. The lowest BCUT2D eigenvalue weighted by molar-refractivity contribution is -0.112. The van der Waals surface area contributed by atoms with Crippen molar-refractivity contribution in [2.45, 2.75) is 13.8 Å². The van der Waals surface area contributed by atoms with Crippen molar-refractivity contribution in [2.75, 3.05) is 4.90 Å². The average Bonchev–Trinajstić information content (AvgIpc) is 2.97. The van der Waals surface area contributed by atoms with E-state index in [1.165, 1.54) is 23.1 Å². The molecule has 0 unspecified atom stereocenters. The van der Waals surface area contributed by atoms with E-state index in [9.17, 15) is 14.7 Å². The molecule has 30 heavy (non-hydrogen) atoms. The minimum atomic E-state index is -1.24. The molecule has 1 amide bonds. The molecule has 0 aromatic heterocycles. The van der Waals surface area contributed by atoms with Gasteiger partial charge in [0.1, 0.15) is 11.3 Å². The summed E-state index contributed by atoms with van der Waals surface area (Å²) < 4.78 is 0. The Balaban J connectivity index is 1.92. The quantitative estimate of drug-likeness (QED) is 0.543. The average molecular weight is 420 g/mol. The fraction of sp³-hybridized carbons (Fsp3) is 0.0833. The fourth-order valence-electron chi connectivity index (χ4n) is 3.73. The van der Waals surface area contributed by atoms with Crippen LogP contribution in [-0.4, -0.2) is 22.1 Å². The lowest BCUT2D eigenvalue weighted by atomic mass is 9.98. The summed E-state index contributed by atoms with van der Waals surface area (Å²) in [5.74, 6) is -1.92. The van der Waals surface area contributed by atoms with Crippen LogP contribution in [0, 0.1) is 13.8 Å². The first kappa shape index (κ1) is 19.7. The number of fused-ring (bicyclic) bond motifs is 1. The minimum absolute atomic E-state index is 0.225. The molecular formula is C24H18ClNO4. The van der Waals surface area contributed by atoms with E-state index >= 15 is 0 Å². The molecule has 2 N–H and O–H groups in total. The van der Waals surface area contributed by atoms with E-state index in [0.717, 1.165) is 22.3 Å². The van der Waals surface area contributed by atoms with Gasteiger partial charge in [0.25, 0.3) is 5.91 Å². The maximum Gasteiger partial charge on any atom is 0.339 e. The Bertz CT molecular complexity index is 1230. The second kappa shape index (κ2) is 7.35. The van der Waals surface area contributed by atoms with Gasteiger partial charge in [0.2, 0.25) is 0 Å². The van der Waals surface area contributed by atoms with Crippen molar-refractivity contribution in [1.29, 1.82) is 0 Å². The number of halogens is 1. The molecule has 4 rings (SSSR count). The fourth-order valence-corrected chi connectivity index (χ4v) is 4.00. The summed E-state index contributed by atoms with van der Waals surface area (Å²) in [6.45, 7) is 3.85. The molecule has 0 spiro atoms. The molecule has 3 aromatic rings. The third kappa shape index (κ3) is 3.13. The molecule has 0 radical (unpaired) electrons. The van der Waals surface area contributed by atoms with Crippen molar-refractivity contribution in [1.82, 2.24) is 0 Å². The second-order valence-corrected chi connectivity index (χ2v) is 7.55. The number of carbonyl (C=O) groups excluding carboxylic acids is 1. The minimum Gasteiger partial charge on any atom is -0.507 e. The monoisotopic (exact) mass is 419 g/mol. The Morgan fingerprint density at radius 3 is 2.40 bits per heavy atom. The van der Waals surface area contributed by atoms with Gasteiger partial charge in [-0.2, -0.15) is 0 Å². The number of nitrogens with zero attached hydrogens (tertiary/aromatic N) is 1. The van der Waals surface area contributed by atoms with E-state index in [1.807, 2.05) is 44.2 Å². The molecule has 0 saturated carbocycles. The summed E-state index contributed by atoms with van der Waals surface area (Å²) in [5, 5.41) is 19.8. The first-order valence-corrected chi connectivity index (χ1v) is 9.65. The Morgan fingerprint density at radius 1 is 1.03 bits per heavy atom. The summed E-state index contributed by atoms with van der Waals surface area (Å²) in [4.78, 5) is 26.2. The topological polar surface area (TPSA) is 77.8 Å². The maximum atomic E-state index is 13.5. The van der Waals surface area contributed by atoms with Crippen molar-refractivity contribution >= 4 is 46.5 Å². The summed E-state index contributed by atoms with van der Waals surface area (Å²) in [5.41, 5.74) is 4.72. The molecular weight excluding hydrogens is 402 g/mol. The highest BCUT2D eigenvalue weighted by Crippen LogP contribution is 2.45. The predicted octanol–water partition coefficient (Wildman–Crippen LogP) is 5.58. The number of aromatic hydroxyl groups is 1. The zero-order chi connectivity index (χ0) is 21.6. The van der Waals surface area contributed by atoms with Gasteiger partial charge in [-0.3, -0.25) is 9.69 Å². The van der Waals surface area contributed by atoms with E-state index in [1.54, 1.807) is 12.1 Å². The molecule has 0 fully saturated rings. The van der Waals surface area contributed by atoms with Gasteiger partial charge in [-0.15, -0.1) is 0 Å². The number of benzene rings is 3. The van der Waals surface area contributed by atoms with Crippen LogP contribution in [0.1, 0.15) is 32.6 Å². The third-order valence-electron chi connectivity index (χ3n) is 5.22.